The summed E-state index contributed by atoms with van der Waals surface area (Å²) in [6.45, 7) is 3.08. The second-order valence-electron chi connectivity index (χ2n) is 6.70. The predicted octanol–water partition coefficient (Wildman–Crippen LogP) is 0.990. The van der Waals surface area contributed by atoms with Crippen molar-refractivity contribution in [1.82, 2.24) is 10.2 Å². The summed E-state index contributed by atoms with van der Waals surface area (Å²) in [4.78, 5) is 2.55. The molecule has 4 nitrogen and oxygen atoms in total. The Morgan fingerprint density at radius 2 is 1.95 bits per heavy atom. The second-order valence-corrected chi connectivity index (χ2v) is 6.70. The summed E-state index contributed by atoms with van der Waals surface area (Å²) in [5, 5.41) is 13.8. The van der Waals surface area contributed by atoms with Crippen LogP contribution in [-0.2, 0) is 4.74 Å². The molecular weight excluding hydrogens is 240 g/mol. The van der Waals surface area contributed by atoms with Gasteiger partial charge in [0, 0.05) is 32.3 Å². The van der Waals surface area contributed by atoms with Crippen LogP contribution >= 0.6 is 0 Å². The second kappa shape index (κ2) is 5.68. The molecule has 0 saturated heterocycles. The smallest absolute Gasteiger partial charge is 0.0628 e. The molecular formula is C15H28N2O2. The van der Waals surface area contributed by atoms with E-state index in [9.17, 15) is 5.11 Å². The van der Waals surface area contributed by atoms with Crippen molar-refractivity contribution >= 4 is 0 Å². The molecule has 0 spiro atoms. The molecule has 3 aliphatic rings. The summed E-state index contributed by atoms with van der Waals surface area (Å²) in [7, 11) is 1.77. The van der Waals surface area contributed by atoms with Gasteiger partial charge in [0.25, 0.3) is 0 Å². The van der Waals surface area contributed by atoms with Gasteiger partial charge >= 0.3 is 0 Å². The van der Waals surface area contributed by atoms with E-state index >= 15 is 0 Å². The number of nitrogens with zero attached hydrogens (tertiary/aromatic N) is 1. The first-order valence-corrected chi connectivity index (χ1v) is 7.89. The van der Waals surface area contributed by atoms with E-state index in [1.807, 2.05) is 0 Å². The Labute approximate surface area is 116 Å². The predicted molar refractivity (Wildman–Crippen MR) is 75.2 cm³/mol. The zero-order valence-corrected chi connectivity index (χ0v) is 12.1. The Bertz CT molecular complexity index is 301. The number of hydrogen-bond donors (Lipinski definition) is 2. The van der Waals surface area contributed by atoms with Gasteiger partial charge in [-0.15, -0.1) is 0 Å². The molecule has 1 unspecified atom stereocenters. The van der Waals surface area contributed by atoms with Crippen LogP contribution in [-0.4, -0.2) is 61.0 Å². The third-order valence-electron chi connectivity index (χ3n) is 4.84. The van der Waals surface area contributed by atoms with Crippen molar-refractivity contribution in [3.63, 3.8) is 0 Å². The van der Waals surface area contributed by atoms with Gasteiger partial charge in [0.15, 0.2) is 0 Å². The first-order chi connectivity index (χ1) is 9.27. The van der Waals surface area contributed by atoms with Crippen LogP contribution in [0.25, 0.3) is 0 Å². The minimum atomic E-state index is -0.0441. The molecule has 3 rings (SSSR count). The van der Waals surface area contributed by atoms with Gasteiger partial charge in [0.1, 0.15) is 0 Å². The SMILES string of the molecule is COCCN(CC(CO)(NC1CC1)C1CC1)C1CC1. The lowest BCUT2D eigenvalue weighted by molar-refractivity contribution is 0.0687. The van der Waals surface area contributed by atoms with Crippen LogP contribution in [0.2, 0.25) is 0 Å². The molecule has 0 aromatic heterocycles. The number of nitrogens with one attached hydrogen (secondary N) is 1. The molecule has 1 atom stereocenters. The van der Waals surface area contributed by atoms with E-state index in [0.717, 1.165) is 25.7 Å². The average molecular weight is 268 g/mol. The standard InChI is InChI=1S/C15H28N2O2/c1-19-9-8-17(14-6-7-14)10-15(11-18,12-2-3-12)16-13-4-5-13/h12-14,16,18H,2-11H2,1H3. The van der Waals surface area contributed by atoms with Crippen molar-refractivity contribution in [2.24, 2.45) is 5.92 Å². The zero-order valence-electron chi connectivity index (χ0n) is 12.1. The van der Waals surface area contributed by atoms with E-state index in [1.54, 1.807) is 7.11 Å². The molecule has 0 heterocycles. The summed E-state index contributed by atoms with van der Waals surface area (Å²) < 4.78 is 5.24. The van der Waals surface area contributed by atoms with Crippen molar-refractivity contribution in [1.29, 1.82) is 0 Å². The molecule has 3 fully saturated rings. The fourth-order valence-electron chi connectivity index (χ4n) is 3.19. The lowest BCUT2D eigenvalue weighted by Crippen LogP contribution is -2.59. The lowest BCUT2D eigenvalue weighted by atomic mass is 9.92. The number of ether oxygens (including phenoxy) is 1. The van der Waals surface area contributed by atoms with Gasteiger partial charge in [-0.1, -0.05) is 0 Å². The lowest BCUT2D eigenvalue weighted by Gasteiger charge is -2.39. The van der Waals surface area contributed by atoms with Crippen molar-refractivity contribution in [3.05, 3.63) is 0 Å². The van der Waals surface area contributed by atoms with Crippen LogP contribution in [0.3, 0.4) is 0 Å². The number of rotatable bonds is 10. The van der Waals surface area contributed by atoms with Crippen molar-refractivity contribution in [2.75, 3.05) is 33.4 Å². The maximum Gasteiger partial charge on any atom is 0.0628 e. The van der Waals surface area contributed by atoms with Crippen LogP contribution in [0.1, 0.15) is 38.5 Å². The number of aliphatic hydroxyl groups excluding tert-OH is 1. The van der Waals surface area contributed by atoms with E-state index in [-0.39, 0.29) is 12.1 Å². The average Bonchev–Trinajstić information content (AvgIpc) is 3.29. The molecule has 0 bridgehead atoms. The van der Waals surface area contributed by atoms with E-state index in [1.165, 1.54) is 38.5 Å². The maximum atomic E-state index is 10.0. The van der Waals surface area contributed by atoms with Crippen molar-refractivity contribution < 1.29 is 9.84 Å². The highest BCUT2D eigenvalue weighted by Gasteiger charge is 2.49. The minimum Gasteiger partial charge on any atom is -0.394 e. The molecule has 19 heavy (non-hydrogen) atoms. The first kappa shape index (κ1) is 13.8. The summed E-state index contributed by atoms with van der Waals surface area (Å²) in [6.07, 6.45) is 7.77. The van der Waals surface area contributed by atoms with Crippen molar-refractivity contribution in [2.45, 2.75) is 56.1 Å². The highest BCUT2D eigenvalue weighted by molar-refractivity contribution is 5.07. The molecule has 4 heteroatoms. The van der Waals surface area contributed by atoms with Gasteiger partial charge in [0.2, 0.25) is 0 Å². The summed E-state index contributed by atoms with van der Waals surface area (Å²) >= 11 is 0. The molecule has 3 saturated carbocycles. The quantitative estimate of drug-likeness (QED) is 0.620. The first-order valence-electron chi connectivity index (χ1n) is 7.89. The Hall–Kier alpha value is -0.160. The summed E-state index contributed by atoms with van der Waals surface area (Å²) in [6, 6.07) is 1.40. The molecule has 0 radical (unpaired) electrons. The fraction of sp³-hybridized carbons (Fsp3) is 1.00. The van der Waals surface area contributed by atoms with Gasteiger partial charge in [-0.25, -0.2) is 0 Å². The fourth-order valence-corrected chi connectivity index (χ4v) is 3.19. The van der Waals surface area contributed by atoms with Crippen LogP contribution < -0.4 is 5.32 Å². The Balaban J connectivity index is 1.63. The molecule has 0 amide bonds. The molecule has 3 aliphatic carbocycles. The van der Waals surface area contributed by atoms with Gasteiger partial charge < -0.3 is 15.2 Å². The van der Waals surface area contributed by atoms with Crippen LogP contribution in [0.5, 0.6) is 0 Å². The molecule has 2 N–H and O–H groups in total. The highest BCUT2D eigenvalue weighted by atomic mass is 16.5. The molecule has 0 aromatic carbocycles. The van der Waals surface area contributed by atoms with E-state index in [2.05, 4.69) is 10.2 Å². The molecule has 0 aliphatic heterocycles. The normalized spacial score (nSPS) is 26.7. The third kappa shape index (κ3) is 3.48. The minimum absolute atomic E-state index is 0.0441. The summed E-state index contributed by atoms with van der Waals surface area (Å²) in [5.74, 6) is 0.682. The maximum absolute atomic E-state index is 10.0. The monoisotopic (exact) mass is 268 g/mol. The topological polar surface area (TPSA) is 44.7 Å². The van der Waals surface area contributed by atoms with Gasteiger partial charge in [-0.2, -0.15) is 0 Å². The third-order valence-corrected chi connectivity index (χ3v) is 4.84. The summed E-state index contributed by atoms with van der Waals surface area (Å²) in [5.41, 5.74) is -0.0441. The van der Waals surface area contributed by atoms with Gasteiger partial charge in [0.05, 0.1) is 18.8 Å². The van der Waals surface area contributed by atoms with Gasteiger partial charge in [-0.05, 0) is 44.4 Å². The zero-order chi connectivity index (χ0) is 13.3. The number of methoxy groups -OCH3 is 1. The Kier molecular flexibility index (Phi) is 4.13. The Morgan fingerprint density at radius 3 is 2.42 bits per heavy atom. The van der Waals surface area contributed by atoms with E-state index in [0.29, 0.717) is 12.0 Å². The van der Waals surface area contributed by atoms with Crippen molar-refractivity contribution in [3.8, 4) is 0 Å². The van der Waals surface area contributed by atoms with Gasteiger partial charge in [-0.3, -0.25) is 4.90 Å². The number of hydrogen-bond acceptors (Lipinski definition) is 4. The van der Waals surface area contributed by atoms with Crippen LogP contribution in [0.4, 0.5) is 0 Å². The molecule has 110 valence electrons. The number of aliphatic hydroxyl groups is 1. The van der Waals surface area contributed by atoms with Crippen LogP contribution in [0.15, 0.2) is 0 Å². The Morgan fingerprint density at radius 1 is 1.21 bits per heavy atom. The molecule has 0 aromatic rings. The highest BCUT2D eigenvalue weighted by Crippen LogP contribution is 2.43. The van der Waals surface area contributed by atoms with Crippen LogP contribution in [0, 0.1) is 5.92 Å². The van der Waals surface area contributed by atoms with E-state index in [4.69, 9.17) is 4.74 Å². The largest absolute Gasteiger partial charge is 0.394 e. The van der Waals surface area contributed by atoms with E-state index < -0.39 is 0 Å².